The van der Waals surface area contributed by atoms with Gasteiger partial charge in [0.25, 0.3) is 5.91 Å². The Balaban J connectivity index is 1.63. The number of phenolic OH excluding ortho intramolecular Hbond substituents is 1. The molecule has 4 aromatic rings. The standard InChI is InChI=1S/C27H20N2O4S/c1-16-25(34-26(28-16)18-8-4-2-5-9-18)23(31)21-22(17-12-14-20(30)15-13-17)29(27(33)24(21)32)19-10-6-3-7-11-19/h2-15,22,30,32H,1H3. The summed E-state index contributed by atoms with van der Waals surface area (Å²) in [5, 5.41) is 21.4. The Morgan fingerprint density at radius 1 is 0.912 bits per heavy atom. The van der Waals surface area contributed by atoms with E-state index in [0.717, 1.165) is 5.56 Å². The highest BCUT2D eigenvalue weighted by molar-refractivity contribution is 7.17. The number of hydrogen-bond acceptors (Lipinski definition) is 6. The number of anilines is 1. The molecule has 3 aromatic carbocycles. The van der Waals surface area contributed by atoms with Crippen molar-refractivity contribution in [1.29, 1.82) is 0 Å². The fraction of sp³-hybridized carbons (Fsp3) is 0.0741. The first-order valence-corrected chi connectivity index (χ1v) is 11.5. The Labute approximate surface area is 200 Å². The number of aliphatic hydroxyl groups excluding tert-OH is 1. The largest absolute Gasteiger partial charge is 0.508 e. The van der Waals surface area contributed by atoms with Crippen LogP contribution in [0.4, 0.5) is 5.69 Å². The van der Waals surface area contributed by atoms with Crippen molar-refractivity contribution in [3.05, 3.63) is 112 Å². The number of rotatable bonds is 5. The highest BCUT2D eigenvalue weighted by Gasteiger charge is 2.45. The number of aryl methyl sites for hydroxylation is 1. The molecule has 1 aliphatic heterocycles. The van der Waals surface area contributed by atoms with Crippen LogP contribution in [0.5, 0.6) is 5.75 Å². The Bertz CT molecular complexity index is 1410. The molecule has 1 amide bonds. The van der Waals surface area contributed by atoms with Crippen LogP contribution in [-0.4, -0.2) is 26.9 Å². The summed E-state index contributed by atoms with van der Waals surface area (Å²) in [4.78, 5) is 33.4. The van der Waals surface area contributed by atoms with Gasteiger partial charge in [0.2, 0.25) is 5.78 Å². The molecule has 168 valence electrons. The van der Waals surface area contributed by atoms with E-state index < -0.39 is 23.5 Å². The third-order valence-corrected chi connectivity index (χ3v) is 6.92. The van der Waals surface area contributed by atoms with Crippen molar-refractivity contribution in [1.82, 2.24) is 4.98 Å². The average Bonchev–Trinajstić information content (AvgIpc) is 3.38. The maximum Gasteiger partial charge on any atom is 0.294 e. The highest BCUT2D eigenvalue weighted by atomic mass is 32.1. The summed E-state index contributed by atoms with van der Waals surface area (Å²) in [6.45, 7) is 1.75. The van der Waals surface area contributed by atoms with Crippen LogP contribution < -0.4 is 4.90 Å². The number of ketones is 1. The van der Waals surface area contributed by atoms with Crippen LogP contribution in [0, 0.1) is 6.92 Å². The van der Waals surface area contributed by atoms with E-state index in [2.05, 4.69) is 4.98 Å². The van der Waals surface area contributed by atoms with Gasteiger partial charge < -0.3 is 10.2 Å². The predicted octanol–water partition coefficient (Wildman–Crippen LogP) is 5.61. The summed E-state index contributed by atoms with van der Waals surface area (Å²) in [6, 6.07) is 23.8. The number of aromatic hydroxyl groups is 1. The van der Waals surface area contributed by atoms with E-state index in [0.29, 0.717) is 26.8 Å². The molecule has 0 aliphatic carbocycles. The van der Waals surface area contributed by atoms with Gasteiger partial charge in [0, 0.05) is 11.3 Å². The number of hydrogen-bond donors (Lipinski definition) is 2. The zero-order chi connectivity index (χ0) is 23.8. The fourth-order valence-corrected chi connectivity index (χ4v) is 5.12. The van der Waals surface area contributed by atoms with Gasteiger partial charge in [0.05, 0.1) is 22.2 Å². The molecule has 7 heteroatoms. The molecule has 0 fully saturated rings. The van der Waals surface area contributed by atoms with Crippen LogP contribution >= 0.6 is 11.3 Å². The maximum absolute atomic E-state index is 13.8. The second-order valence-corrected chi connectivity index (χ2v) is 8.89. The van der Waals surface area contributed by atoms with Gasteiger partial charge in [-0.3, -0.25) is 14.5 Å². The minimum absolute atomic E-state index is 0.00842. The molecule has 6 nitrogen and oxygen atoms in total. The second kappa shape index (κ2) is 8.61. The van der Waals surface area contributed by atoms with E-state index in [1.807, 2.05) is 36.4 Å². The van der Waals surface area contributed by atoms with E-state index in [1.54, 1.807) is 43.3 Å². The molecule has 0 bridgehead atoms. The SMILES string of the molecule is Cc1nc(-c2ccccc2)sc1C(=O)C1=C(O)C(=O)N(c2ccccc2)C1c1ccc(O)cc1. The average molecular weight is 469 g/mol. The number of benzene rings is 3. The number of carbonyl (C=O) groups excluding carboxylic acids is 2. The summed E-state index contributed by atoms with van der Waals surface area (Å²) < 4.78 is 0. The molecule has 2 N–H and O–H groups in total. The van der Waals surface area contributed by atoms with Gasteiger partial charge >= 0.3 is 0 Å². The second-order valence-electron chi connectivity index (χ2n) is 7.90. The lowest BCUT2D eigenvalue weighted by Crippen LogP contribution is -2.31. The monoisotopic (exact) mass is 468 g/mol. The van der Waals surface area contributed by atoms with Gasteiger partial charge in [-0.2, -0.15) is 0 Å². The highest BCUT2D eigenvalue weighted by Crippen LogP contribution is 2.43. The zero-order valence-electron chi connectivity index (χ0n) is 18.2. The van der Waals surface area contributed by atoms with E-state index >= 15 is 0 Å². The fourth-order valence-electron chi connectivity index (χ4n) is 4.10. The Hall–Kier alpha value is -4.23. The third kappa shape index (κ3) is 3.66. The number of aromatic nitrogens is 1. The molecule has 5 rings (SSSR count). The van der Waals surface area contributed by atoms with Crippen LogP contribution in [-0.2, 0) is 4.79 Å². The van der Waals surface area contributed by atoms with Crippen molar-refractivity contribution in [2.24, 2.45) is 0 Å². The lowest BCUT2D eigenvalue weighted by Gasteiger charge is -2.26. The first kappa shape index (κ1) is 21.6. The van der Waals surface area contributed by atoms with Gasteiger partial charge in [-0.15, -0.1) is 11.3 Å². The number of Topliss-reactive ketones (excluding diaryl/α,β-unsaturated/α-hetero) is 1. The van der Waals surface area contributed by atoms with Crippen LogP contribution in [0.2, 0.25) is 0 Å². The van der Waals surface area contributed by atoms with Gasteiger partial charge in [-0.1, -0.05) is 60.7 Å². The van der Waals surface area contributed by atoms with E-state index in [-0.39, 0.29) is 11.3 Å². The summed E-state index contributed by atoms with van der Waals surface area (Å²) in [7, 11) is 0. The quantitative estimate of drug-likeness (QED) is 0.372. The molecule has 1 unspecified atom stereocenters. The van der Waals surface area contributed by atoms with Crippen molar-refractivity contribution >= 4 is 28.7 Å². The molecular weight excluding hydrogens is 448 g/mol. The number of carbonyl (C=O) groups is 2. The molecule has 1 atom stereocenters. The van der Waals surface area contributed by atoms with Crippen molar-refractivity contribution in [2.45, 2.75) is 13.0 Å². The minimum atomic E-state index is -0.857. The maximum atomic E-state index is 13.8. The number of aliphatic hydroxyl groups is 1. The van der Waals surface area contributed by atoms with E-state index in [1.165, 1.54) is 28.4 Å². The summed E-state index contributed by atoms with van der Waals surface area (Å²) in [5.74, 6) is -1.62. The van der Waals surface area contributed by atoms with E-state index in [9.17, 15) is 19.8 Å². The molecule has 34 heavy (non-hydrogen) atoms. The van der Waals surface area contributed by atoms with Crippen LogP contribution in [0.25, 0.3) is 10.6 Å². The van der Waals surface area contributed by atoms with Crippen molar-refractivity contribution in [2.75, 3.05) is 4.90 Å². The number of para-hydroxylation sites is 1. The van der Waals surface area contributed by atoms with Gasteiger partial charge in [-0.05, 0) is 36.8 Å². The molecule has 0 spiro atoms. The number of amides is 1. The van der Waals surface area contributed by atoms with Gasteiger partial charge in [-0.25, -0.2) is 4.98 Å². The molecular formula is C27H20N2O4S. The van der Waals surface area contributed by atoms with Gasteiger partial charge in [0.1, 0.15) is 10.8 Å². The molecule has 0 radical (unpaired) electrons. The molecule has 1 aliphatic rings. The lowest BCUT2D eigenvalue weighted by molar-refractivity contribution is -0.117. The topological polar surface area (TPSA) is 90.7 Å². The summed E-state index contributed by atoms with van der Waals surface area (Å²) >= 11 is 1.23. The lowest BCUT2D eigenvalue weighted by atomic mass is 9.94. The minimum Gasteiger partial charge on any atom is -0.508 e. The number of phenols is 1. The van der Waals surface area contributed by atoms with E-state index in [4.69, 9.17) is 0 Å². The smallest absolute Gasteiger partial charge is 0.294 e. The van der Waals surface area contributed by atoms with Gasteiger partial charge in [0.15, 0.2) is 5.76 Å². The first-order valence-electron chi connectivity index (χ1n) is 10.6. The first-order chi connectivity index (χ1) is 16.5. The Morgan fingerprint density at radius 2 is 1.53 bits per heavy atom. The Morgan fingerprint density at radius 3 is 2.18 bits per heavy atom. The van der Waals surface area contributed by atoms with Crippen LogP contribution in [0.3, 0.4) is 0 Å². The van der Waals surface area contributed by atoms with Crippen LogP contribution in [0.15, 0.2) is 96.3 Å². The molecule has 2 heterocycles. The zero-order valence-corrected chi connectivity index (χ0v) is 19.0. The predicted molar refractivity (Wildman–Crippen MR) is 131 cm³/mol. The third-order valence-electron chi connectivity index (χ3n) is 5.72. The number of nitrogens with zero attached hydrogens (tertiary/aromatic N) is 2. The molecule has 0 saturated heterocycles. The molecule has 0 saturated carbocycles. The van der Waals surface area contributed by atoms with Crippen molar-refractivity contribution in [3.8, 4) is 16.3 Å². The summed E-state index contributed by atoms with van der Waals surface area (Å²) in [6.07, 6.45) is 0. The van der Waals surface area contributed by atoms with Crippen molar-refractivity contribution < 1.29 is 19.8 Å². The Kier molecular flexibility index (Phi) is 5.47. The number of thiazole rings is 1. The summed E-state index contributed by atoms with van der Waals surface area (Å²) in [5.41, 5.74) is 2.55. The van der Waals surface area contributed by atoms with Crippen molar-refractivity contribution in [3.63, 3.8) is 0 Å². The molecule has 1 aromatic heterocycles. The van der Waals surface area contributed by atoms with Crippen LogP contribution in [0.1, 0.15) is 27.0 Å². The normalized spacial score (nSPS) is 15.7.